The Morgan fingerprint density at radius 2 is 1.79 bits per heavy atom. The van der Waals surface area contributed by atoms with Crippen molar-refractivity contribution >= 4 is 29.7 Å². The number of carbonyl (C=O) groups is 4. The number of benzene rings is 1. The van der Waals surface area contributed by atoms with Gasteiger partial charge in [0.1, 0.15) is 12.1 Å². The third-order valence-electron chi connectivity index (χ3n) is 3.94. The third kappa shape index (κ3) is 9.41. The topological polar surface area (TPSA) is 160 Å². The zero-order valence-electron chi connectivity index (χ0n) is 16.6. The number of hydrogen-bond donors (Lipinski definition) is 4. The van der Waals surface area contributed by atoms with Gasteiger partial charge in [-0.2, -0.15) is 0 Å². The predicted molar refractivity (Wildman–Crippen MR) is 105 cm³/mol. The van der Waals surface area contributed by atoms with E-state index in [0.29, 0.717) is 0 Å². The number of hydrogen-bond acceptors (Lipinski definition) is 6. The molecular formula is C19H27N6O4+. The highest BCUT2D eigenvalue weighted by Gasteiger charge is 2.26. The van der Waals surface area contributed by atoms with E-state index >= 15 is 0 Å². The highest BCUT2D eigenvalue weighted by atomic mass is 16.2. The summed E-state index contributed by atoms with van der Waals surface area (Å²) < 4.78 is 0. The largest absolute Gasteiger partial charge is 0.372 e. The molecule has 0 aliphatic heterocycles. The number of nitrogens with one attached hydrogen (secondary N) is 3. The van der Waals surface area contributed by atoms with Gasteiger partial charge in [-0.25, -0.2) is 0 Å². The highest BCUT2D eigenvalue weighted by molar-refractivity contribution is 6.25. The molecular weight excluding hydrogens is 376 g/mol. The summed E-state index contributed by atoms with van der Waals surface area (Å²) in [5.74, 6) is -2.18. The van der Waals surface area contributed by atoms with Gasteiger partial charge in [-0.3, -0.25) is 19.2 Å². The number of likely N-dealkylation sites (N-methyl/N-ethyl adjacent to an activating group) is 1. The summed E-state index contributed by atoms with van der Waals surface area (Å²) >= 11 is 0. The zero-order chi connectivity index (χ0) is 21.8. The van der Waals surface area contributed by atoms with E-state index in [1.807, 2.05) is 30.3 Å². The van der Waals surface area contributed by atoms with E-state index in [-0.39, 0.29) is 31.7 Å². The zero-order valence-corrected chi connectivity index (χ0v) is 16.6. The van der Waals surface area contributed by atoms with Crippen LogP contribution in [0.3, 0.4) is 0 Å². The molecule has 0 saturated carbocycles. The van der Waals surface area contributed by atoms with Crippen molar-refractivity contribution in [2.75, 3.05) is 20.6 Å². The third-order valence-corrected chi connectivity index (χ3v) is 3.94. The number of nitrogens with zero attached hydrogens (tertiary/aromatic N) is 2. The second-order valence-electron chi connectivity index (χ2n) is 6.77. The first-order chi connectivity index (χ1) is 13.7. The van der Waals surface area contributed by atoms with Crippen LogP contribution < -0.4 is 16.4 Å². The number of carbonyl (C=O) groups excluding carboxylic acids is 4. The minimum atomic E-state index is -1.09. The van der Waals surface area contributed by atoms with Crippen molar-refractivity contribution in [1.82, 2.24) is 15.5 Å². The fourth-order valence-electron chi connectivity index (χ4n) is 2.57. The van der Waals surface area contributed by atoms with E-state index in [9.17, 15) is 19.2 Å². The Balaban J connectivity index is 2.88. The van der Waals surface area contributed by atoms with Gasteiger partial charge < -0.3 is 21.3 Å². The molecule has 0 bridgehead atoms. The Morgan fingerprint density at radius 1 is 1.14 bits per heavy atom. The van der Waals surface area contributed by atoms with Gasteiger partial charge in [0.15, 0.2) is 0 Å². The molecule has 156 valence electrons. The van der Waals surface area contributed by atoms with Gasteiger partial charge in [0.2, 0.25) is 23.5 Å². The fraction of sp³-hybridized carbons (Fsp3) is 0.421. The fourth-order valence-corrected chi connectivity index (χ4v) is 2.57. The van der Waals surface area contributed by atoms with E-state index in [1.165, 1.54) is 0 Å². The molecule has 0 aromatic heterocycles. The number of Topliss-reactive ketones (excluding diaryl/α,β-unsaturated/α-hetero) is 1. The average Bonchev–Trinajstić information content (AvgIpc) is 2.64. The Labute approximate surface area is 169 Å². The van der Waals surface area contributed by atoms with Gasteiger partial charge in [-0.15, -0.1) is 0 Å². The van der Waals surface area contributed by atoms with Crippen LogP contribution in [0.2, 0.25) is 0 Å². The van der Waals surface area contributed by atoms with E-state index in [0.717, 1.165) is 11.8 Å². The van der Waals surface area contributed by atoms with Crippen LogP contribution in [0, 0.1) is 5.53 Å². The monoisotopic (exact) mass is 403 g/mol. The molecule has 0 fully saturated rings. The van der Waals surface area contributed by atoms with Crippen LogP contribution in [0.5, 0.6) is 0 Å². The maximum absolute atomic E-state index is 12.8. The molecule has 5 N–H and O–H groups in total. The van der Waals surface area contributed by atoms with Crippen LogP contribution in [0.4, 0.5) is 0 Å². The normalized spacial score (nSPS) is 12.4. The molecule has 10 nitrogen and oxygen atoms in total. The molecule has 0 aliphatic carbocycles. The molecule has 29 heavy (non-hydrogen) atoms. The van der Waals surface area contributed by atoms with Gasteiger partial charge in [0, 0.05) is 12.8 Å². The Morgan fingerprint density at radius 3 is 2.34 bits per heavy atom. The SMILES string of the molecule is CN(C)CC(=O)N[C@@H](Cc1ccccc1)C(=O)N[C@@H](CCC(=O)C=[N+]=N)C(N)=O. The lowest BCUT2D eigenvalue weighted by Crippen LogP contribution is -2.54. The number of ketones is 1. The number of nitrogens with two attached hydrogens (primary N) is 1. The lowest BCUT2D eigenvalue weighted by atomic mass is 10.0. The van der Waals surface area contributed by atoms with Crippen LogP contribution in [-0.2, 0) is 25.6 Å². The summed E-state index contributed by atoms with van der Waals surface area (Å²) in [4.78, 5) is 52.6. The van der Waals surface area contributed by atoms with Gasteiger partial charge in [-0.1, -0.05) is 30.3 Å². The molecule has 3 amide bonds. The quantitative estimate of drug-likeness (QED) is 0.198. The van der Waals surface area contributed by atoms with Gasteiger partial charge >= 0.3 is 6.21 Å². The standard InChI is InChI=1S/C19H26N6O4/c1-25(2)12-17(27)23-16(10-13-6-4-3-5-7-13)19(29)24-15(18(20)28)9-8-14(26)11-22-21/h3-7,11,15-16,21H,8-10,12H2,1-2H3,(H3-,20,23,24,27,28,29)/p+1/t15-,16-/m0/s1. The van der Waals surface area contributed by atoms with Gasteiger partial charge in [-0.05, 0) is 26.1 Å². The Kier molecular flexibility index (Phi) is 9.94. The first-order valence-corrected chi connectivity index (χ1v) is 9.03. The molecule has 1 aromatic carbocycles. The lowest BCUT2D eigenvalue weighted by Gasteiger charge is -2.22. The summed E-state index contributed by atoms with van der Waals surface area (Å²) in [7, 11) is 3.46. The predicted octanol–water partition coefficient (Wildman–Crippen LogP) is -1.10. The smallest absolute Gasteiger partial charge is 0.368 e. The molecule has 0 spiro atoms. The van der Waals surface area contributed by atoms with E-state index in [4.69, 9.17) is 11.3 Å². The van der Waals surface area contributed by atoms with Crippen molar-refractivity contribution in [1.29, 1.82) is 5.53 Å². The van der Waals surface area contributed by atoms with E-state index < -0.39 is 29.7 Å². The molecule has 1 rings (SSSR count). The first-order valence-electron chi connectivity index (χ1n) is 9.03. The molecule has 0 heterocycles. The Bertz CT molecular complexity index is 774. The van der Waals surface area contributed by atoms with Crippen LogP contribution in [0.1, 0.15) is 18.4 Å². The van der Waals surface area contributed by atoms with E-state index in [1.54, 1.807) is 19.0 Å². The van der Waals surface area contributed by atoms with Crippen molar-refractivity contribution in [3.63, 3.8) is 0 Å². The number of amides is 3. The van der Waals surface area contributed by atoms with Crippen LogP contribution in [0.25, 0.3) is 0 Å². The van der Waals surface area contributed by atoms with Crippen LogP contribution >= 0.6 is 0 Å². The van der Waals surface area contributed by atoms with Crippen molar-refractivity contribution in [2.45, 2.75) is 31.3 Å². The highest BCUT2D eigenvalue weighted by Crippen LogP contribution is 2.05. The maximum atomic E-state index is 12.8. The summed E-state index contributed by atoms with van der Waals surface area (Å²) in [5, 5.41) is 5.18. The summed E-state index contributed by atoms with van der Waals surface area (Å²) in [6.07, 6.45) is 0.906. The molecule has 0 saturated heterocycles. The molecule has 0 aliphatic rings. The minimum Gasteiger partial charge on any atom is -0.368 e. The van der Waals surface area contributed by atoms with Crippen LogP contribution in [-0.4, -0.2) is 72.1 Å². The average molecular weight is 403 g/mol. The molecule has 0 radical (unpaired) electrons. The lowest BCUT2D eigenvalue weighted by molar-refractivity contribution is -0.132. The van der Waals surface area contributed by atoms with Gasteiger partial charge in [0.05, 0.1) is 16.9 Å². The minimum absolute atomic E-state index is 0.0321. The molecule has 10 heteroatoms. The summed E-state index contributed by atoms with van der Waals surface area (Å²) in [6.45, 7) is 0.0960. The molecule has 2 atom stereocenters. The van der Waals surface area contributed by atoms with Gasteiger partial charge in [0.25, 0.3) is 0 Å². The first kappa shape index (κ1) is 23.7. The van der Waals surface area contributed by atoms with Crippen molar-refractivity contribution in [3.8, 4) is 0 Å². The number of primary amides is 1. The Hall–Kier alpha value is -3.36. The van der Waals surface area contributed by atoms with E-state index in [2.05, 4.69) is 15.4 Å². The second kappa shape index (κ2) is 12.2. The maximum Gasteiger partial charge on any atom is 0.372 e. The van der Waals surface area contributed by atoms with Crippen molar-refractivity contribution in [2.24, 2.45) is 5.73 Å². The molecule has 1 aromatic rings. The summed E-state index contributed by atoms with van der Waals surface area (Å²) in [5.41, 5.74) is 12.8. The van der Waals surface area contributed by atoms with Crippen LogP contribution in [0.15, 0.2) is 30.3 Å². The van der Waals surface area contributed by atoms with Crippen molar-refractivity contribution < 1.29 is 24.0 Å². The van der Waals surface area contributed by atoms with Crippen molar-refractivity contribution in [3.05, 3.63) is 35.9 Å². The molecule has 0 unspecified atom stereocenters. The second-order valence-corrected chi connectivity index (χ2v) is 6.77. The number of rotatable bonds is 12. The summed E-state index contributed by atoms with van der Waals surface area (Å²) in [6, 6.07) is 7.11.